The molecule has 0 atom stereocenters. The summed E-state index contributed by atoms with van der Waals surface area (Å²) in [6.45, 7) is 4.94. The van der Waals surface area contributed by atoms with Gasteiger partial charge in [-0.2, -0.15) is 0 Å². The van der Waals surface area contributed by atoms with E-state index in [1.54, 1.807) is 30.2 Å². The predicted molar refractivity (Wildman–Crippen MR) is 130 cm³/mol. The number of amides is 1. The standard InChI is InChI=1S/C23H23BrN2O5S/c1-4-10-31-20-17(24)11-14(12-18(20)30-3)13-19-21(27)26(5-2)23(32-19)25-16-8-6-15(7-9-16)22(28)29/h6-9,11-13H,4-5,10H2,1-3H3,(H,28,29)/b19-13+,25-23?. The number of ether oxygens (including phenoxy) is 2. The number of carboxylic acids is 1. The molecule has 1 amide bonds. The summed E-state index contributed by atoms with van der Waals surface area (Å²) < 4.78 is 12.0. The van der Waals surface area contributed by atoms with Gasteiger partial charge in [-0.3, -0.25) is 9.69 Å². The van der Waals surface area contributed by atoms with Gasteiger partial charge in [-0.1, -0.05) is 6.92 Å². The van der Waals surface area contributed by atoms with Gasteiger partial charge in [-0.05, 0) is 89.1 Å². The molecule has 0 bridgehead atoms. The molecule has 7 nitrogen and oxygen atoms in total. The normalized spacial score (nSPS) is 16.1. The number of hydrogen-bond donors (Lipinski definition) is 1. The lowest BCUT2D eigenvalue weighted by Gasteiger charge is -2.13. The topological polar surface area (TPSA) is 88.4 Å². The molecule has 32 heavy (non-hydrogen) atoms. The van der Waals surface area contributed by atoms with Crippen LogP contribution in [0.3, 0.4) is 0 Å². The largest absolute Gasteiger partial charge is 0.493 e. The van der Waals surface area contributed by atoms with Crippen LogP contribution in [0.4, 0.5) is 5.69 Å². The summed E-state index contributed by atoms with van der Waals surface area (Å²) in [5.41, 5.74) is 1.55. The zero-order valence-electron chi connectivity index (χ0n) is 17.9. The molecule has 2 aromatic carbocycles. The molecular formula is C23H23BrN2O5S. The second-order valence-electron chi connectivity index (χ2n) is 6.79. The summed E-state index contributed by atoms with van der Waals surface area (Å²) in [6.07, 6.45) is 2.67. The van der Waals surface area contributed by atoms with Crippen molar-refractivity contribution in [2.75, 3.05) is 20.3 Å². The number of benzene rings is 2. The Balaban J connectivity index is 1.91. The van der Waals surface area contributed by atoms with E-state index in [-0.39, 0.29) is 11.5 Å². The SMILES string of the molecule is CCCOc1c(Br)cc(/C=C2/SC(=Nc3ccc(C(=O)O)cc3)N(CC)C2=O)cc1OC. The van der Waals surface area contributed by atoms with E-state index in [1.807, 2.05) is 26.0 Å². The van der Waals surface area contributed by atoms with E-state index in [4.69, 9.17) is 14.6 Å². The van der Waals surface area contributed by atoms with Gasteiger partial charge >= 0.3 is 5.97 Å². The Morgan fingerprint density at radius 2 is 1.97 bits per heavy atom. The predicted octanol–water partition coefficient (Wildman–Crippen LogP) is 5.57. The number of hydrogen-bond acceptors (Lipinski definition) is 6. The third kappa shape index (κ3) is 5.34. The van der Waals surface area contributed by atoms with Crippen LogP contribution in [0.2, 0.25) is 0 Å². The van der Waals surface area contributed by atoms with Crippen LogP contribution in [0.5, 0.6) is 11.5 Å². The summed E-state index contributed by atoms with van der Waals surface area (Å²) in [4.78, 5) is 30.7. The van der Waals surface area contributed by atoms with Gasteiger partial charge in [-0.15, -0.1) is 0 Å². The smallest absolute Gasteiger partial charge is 0.335 e. The molecule has 0 saturated carbocycles. The molecule has 3 rings (SSSR count). The average molecular weight is 519 g/mol. The van der Waals surface area contributed by atoms with Crippen molar-refractivity contribution in [2.24, 2.45) is 4.99 Å². The fraction of sp³-hybridized carbons (Fsp3) is 0.261. The number of amidine groups is 1. The number of carboxylic acid groups (broad SMARTS) is 1. The Morgan fingerprint density at radius 1 is 1.25 bits per heavy atom. The zero-order valence-corrected chi connectivity index (χ0v) is 20.3. The van der Waals surface area contributed by atoms with Crippen molar-refractivity contribution in [3.05, 3.63) is 56.9 Å². The molecule has 0 unspecified atom stereocenters. The van der Waals surface area contributed by atoms with E-state index in [0.29, 0.717) is 40.4 Å². The van der Waals surface area contributed by atoms with Crippen LogP contribution >= 0.6 is 27.7 Å². The van der Waals surface area contributed by atoms with Gasteiger partial charge in [0.2, 0.25) is 0 Å². The van der Waals surface area contributed by atoms with Crippen LogP contribution < -0.4 is 9.47 Å². The Kier molecular flexibility index (Phi) is 7.98. The third-order valence-electron chi connectivity index (χ3n) is 4.54. The molecule has 1 N–H and O–H groups in total. The van der Waals surface area contributed by atoms with Gasteiger partial charge in [0, 0.05) is 6.54 Å². The Hall–Kier alpha value is -2.78. The molecule has 168 valence electrons. The number of nitrogens with zero attached hydrogens (tertiary/aromatic N) is 2. The summed E-state index contributed by atoms with van der Waals surface area (Å²) in [5, 5.41) is 9.59. The van der Waals surface area contributed by atoms with E-state index >= 15 is 0 Å². The molecule has 1 aliphatic rings. The van der Waals surface area contributed by atoms with E-state index in [2.05, 4.69) is 20.9 Å². The first-order valence-corrected chi connectivity index (χ1v) is 11.6. The van der Waals surface area contributed by atoms with Crippen molar-refractivity contribution in [1.82, 2.24) is 4.90 Å². The number of aliphatic imine (C=N–C) groups is 1. The minimum atomic E-state index is -0.997. The quantitative estimate of drug-likeness (QED) is 0.459. The highest BCUT2D eigenvalue weighted by atomic mass is 79.9. The lowest BCUT2D eigenvalue weighted by atomic mass is 10.2. The summed E-state index contributed by atoms with van der Waals surface area (Å²) in [5.74, 6) is 0.0709. The van der Waals surface area contributed by atoms with E-state index in [0.717, 1.165) is 16.5 Å². The van der Waals surface area contributed by atoms with Crippen LogP contribution in [0, 0.1) is 0 Å². The monoisotopic (exact) mass is 518 g/mol. The van der Waals surface area contributed by atoms with Crippen molar-refractivity contribution >= 4 is 56.5 Å². The fourth-order valence-corrected chi connectivity index (χ4v) is 4.61. The fourth-order valence-electron chi connectivity index (χ4n) is 2.98. The van der Waals surface area contributed by atoms with Crippen LogP contribution in [0.25, 0.3) is 6.08 Å². The van der Waals surface area contributed by atoms with Crippen molar-refractivity contribution in [3.8, 4) is 11.5 Å². The average Bonchev–Trinajstić information content (AvgIpc) is 3.06. The number of aromatic carboxylic acids is 1. The summed E-state index contributed by atoms with van der Waals surface area (Å²) in [6, 6.07) is 9.92. The Bertz CT molecular complexity index is 1080. The molecule has 0 radical (unpaired) electrons. The number of carbonyl (C=O) groups excluding carboxylic acids is 1. The third-order valence-corrected chi connectivity index (χ3v) is 6.14. The highest BCUT2D eigenvalue weighted by Gasteiger charge is 2.32. The second kappa shape index (κ2) is 10.7. The van der Waals surface area contributed by atoms with Gasteiger partial charge in [0.05, 0.1) is 34.3 Å². The molecule has 1 fully saturated rings. The zero-order chi connectivity index (χ0) is 23.3. The number of rotatable bonds is 8. The number of thioether (sulfide) groups is 1. The molecule has 0 aliphatic carbocycles. The van der Waals surface area contributed by atoms with Crippen molar-refractivity contribution in [2.45, 2.75) is 20.3 Å². The molecule has 0 aromatic heterocycles. The summed E-state index contributed by atoms with van der Waals surface area (Å²) in [7, 11) is 1.58. The first-order valence-electron chi connectivity index (χ1n) is 10.0. The van der Waals surface area contributed by atoms with Gasteiger partial charge < -0.3 is 14.6 Å². The Morgan fingerprint density at radius 3 is 2.56 bits per heavy atom. The molecule has 1 heterocycles. The van der Waals surface area contributed by atoms with Crippen LogP contribution in [-0.4, -0.2) is 47.3 Å². The molecule has 0 spiro atoms. The molecule has 1 aliphatic heterocycles. The van der Waals surface area contributed by atoms with Crippen molar-refractivity contribution in [3.63, 3.8) is 0 Å². The minimum absolute atomic E-state index is 0.139. The molecule has 9 heteroatoms. The van der Waals surface area contributed by atoms with Gasteiger partial charge in [-0.25, -0.2) is 9.79 Å². The number of methoxy groups -OCH3 is 1. The van der Waals surface area contributed by atoms with E-state index in [1.165, 1.54) is 23.9 Å². The maximum atomic E-state index is 12.9. The van der Waals surface area contributed by atoms with Crippen molar-refractivity contribution < 1.29 is 24.2 Å². The first-order chi connectivity index (χ1) is 15.4. The van der Waals surface area contributed by atoms with E-state index in [9.17, 15) is 9.59 Å². The van der Waals surface area contributed by atoms with Gasteiger partial charge in [0.15, 0.2) is 16.7 Å². The lowest BCUT2D eigenvalue weighted by Crippen LogP contribution is -2.28. The first kappa shape index (κ1) is 23.9. The number of halogens is 1. The molecule has 2 aromatic rings. The maximum absolute atomic E-state index is 12.9. The summed E-state index contributed by atoms with van der Waals surface area (Å²) >= 11 is 4.80. The van der Waals surface area contributed by atoms with Gasteiger partial charge in [0.1, 0.15) is 0 Å². The highest BCUT2D eigenvalue weighted by Crippen LogP contribution is 2.39. The Labute approximate surface area is 199 Å². The number of likely N-dealkylation sites (N-methyl/N-ethyl adjacent to an activating group) is 1. The van der Waals surface area contributed by atoms with Gasteiger partial charge in [0.25, 0.3) is 5.91 Å². The maximum Gasteiger partial charge on any atom is 0.335 e. The van der Waals surface area contributed by atoms with Crippen LogP contribution in [-0.2, 0) is 4.79 Å². The van der Waals surface area contributed by atoms with E-state index < -0.39 is 5.97 Å². The van der Waals surface area contributed by atoms with Crippen LogP contribution in [0.1, 0.15) is 36.2 Å². The molecule has 1 saturated heterocycles. The van der Waals surface area contributed by atoms with Crippen LogP contribution in [0.15, 0.2) is 50.8 Å². The van der Waals surface area contributed by atoms with Crippen molar-refractivity contribution in [1.29, 1.82) is 0 Å². The molecular weight excluding hydrogens is 496 g/mol. The number of carbonyl (C=O) groups is 2. The minimum Gasteiger partial charge on any atom is -0.493 e. The highest BCUT2D eigenvalue weighted by molar-refractivity contribution is 9.10. The second-order valence-corrected chi connectivity index (χ2v) is 8.65. The lowest BCUT2D eigenvalue weighted by molar-refractivity contribution is -0.122.